The highest BCUT2D eigenvalue weighted by Crippen LogP contribution is 2.29. The van der Waals surface area contributed by atoms with Gasteiger partial charge >= 0.3 is 0 Å². The highest BCUT2D eigenvalue weighted by atomic mass is 32.2. The summed E-state index contributed by atoms with van der Waals surface area (Å²) in [5.74, 6) is 6.75. The van der Waals surface area contributed by atoms with Gasteiger partial charge in [0.05, 0.1) is 6.20 Å². The van der Waals surface area contributed by atoms with E-state index in [1.54, 1.807) is 0 Å². The van der Waals surface area contributed by atoms with Gasteiger partial charge in [-0.15, -0.1) is 0 Å². The standard InChI is InChI=1S/C13H24N4S/c1-2-17-9-11(8-15-17)7-12(16-14)10-18-13-5-3-4-6-13/h8-9,12-13,16H,2-7,10,14H2,1H3. The molecule has 1 aromatic heterocycles. The minimum absolute atomic E-state index is 0.352. The second-order valence-electron chi connectivity index (χ2n) is 5.01. The molecule has 0 bridgehead atoms. The fourth-order valence-corrected chi connectivity index (χ4v) is 3.83. The van der Waals surface area contributed by atoms with Gasteiger partial charge in [-0.1, -0.05) is 12.8 Å². The van der Waals surface area contributed by atoms with E-state index in [1.807, 2.05) is 10.9 Å². The highest BCUT2D eigenvalue weighted by Gasteiger charge is 2.17. The molecule has 2 rings (SSSR count). The Kier molecular flexibility index (Phi) is 5.53. The molecule has 5 heteroatoms. The Hall–Kier alpha value is -0.520. The van der Waals surface area contributed by atoms with Gasteiger partial charge in [-0.05, 0) is 31.7 Å². The molecule has 102 valence electrons. The lowest BCUT2D eigenvalue weighted by molar-refractivity contribution is 0.573. The van der Waals surface area contributed by atoms with Crippen molar-refractivity contribution in [2.75, 3.05) is 5.75 Å². The first-order valence-electron chi connectivity index (χ1n) is 6.91. The van der Waals surface area contributed by atoms with Gasteiger partial charge in [-0.3, -0.25) is 16.0 Å². The van der Waals surface area contributed by atoms with Crippen LogP contribution in [0, 0.1) is 0 Å². The van der Waals surface area contributed by atoms with Crippen LogP contribution in [-0.2, 0) is 13.0 Å². The highest BCUT2D eigenvalue weighted by molar-refractivity contribution is 7.99. The normalized spacial score (nSPS) is 18.3. The van der Waals surface area contributed by atoms with Crippen LogP contribution >= 0.6 is 11.8 Å². The fourth-order valence-electron chi connectivity index (χ4n) is 2.44. The molecule has 1 saturated carbocycles. The monoisotopic (exact) mass is 268 g/mol. The SMILES string of the molecule is CCn1cc(CC(CSC2CCCC2)NN)cn1. The van der Waals surface area contributed by atoms with E-state index >= 15 is 0 Å². The number of nitrogens with one attached hydrogen (secondary N) is 1. The summed E-state index contributed by atoms with van der Waals surface area (Å²) in [6, 6.07) is 0.352. The number of thioether (sulfide) groups is 1. The largest absolute Gasteiger partial charge is 0.273 e. The van der Waals surface area contributed by atoms with E-state index < -0.39 is 0 Å². The molecule has 1 atom stereocenters. The number of hydrogen-bond acceptors (Lipinski definition) is 4. The summed E-state index contributed by atoms with van der Waals surface area (Å²) in [5.41, 5.74) is 4.21. The van der Waals surface area contributed by atoms with Crippen molar-refractivity contribution in [3.8, 4) is 0 Å². The maximum Gasteiger partial charge on any atom is 0.0522 e. The van der Waals surface area contributed by atoms with Gasteiger partial charge in [0.15, 0.2) is 0 Å². The maximum atomic E-state index is 5.65. The predicted molar refractivity (Wildman–Crippen MR) is 77.4 cm³/mol. The van der Waals surface area contributed by atoms with Crippen LogP contribution in [0.15, 0.2) is 12.4 Å². The van der Waals surface area contributed by atoms with Crippen LogP contribution in [0.3, 0.4) is 0 Å². The van der Waals surface area contributed by atoms with Gasteiger partial charge in [0.1, 0.15) is 0 Å². The number of rotatable bonds is 7. The molecule has 1 aromatic rings. The molecular weight excluding hydrogens is 244 g/mol. The average molecular weight is 268 g/mol. The van der Waals surface area contributed by atoms with Crippen LogP contribution in [0.4, 0.5) is 0 Å². The zero-order valence-electron chi connectivity index (χ0n) is 11.1. The van der Waals surface area contributed by atoms with Crippen LogP contribution < -0.4 is 11.3 Å². The summed E-state index contributed by atoms with van der Waals surface area (Å²) in [5, 5.41) is 5.16. The lowest BCUT2D eigenvalue weighted by atomic mass is 10.1. The summed E-state index contributed by atoms with van der Waals surface area (Å²) in [6.07, 6.45) is 10.6. The number of nitrogens with zero attached hydrogens (tertiary/aromatic N) is 2. The summed E-state index contributed by atoms with van der Waals surface area (Å²) < 4.78 is 1.97. The second-order valence-corrected chi connectivity index (χ2v) is 6.35. The Bertz CT molecular complexity index is 347. The minimum Gasteiger partial charge on any atom is -0.273 e. The van der Waals surface area contributed by atoms with E-state index in [-0.39, 0.29) is 0 Å². The summed E-state index contributed by atoms with van der Waals surface area (Å²) in [7, 11) is 0. The topological polar surface area (TPSA) is 55.9 Å². The van der Waals surface area contributed by atoms with Gasteiger partial charge in [0, 0.05) is 29.8 Å². The Morgan fingerprint density at radius 3 is 2.94 bits per heavy atom. The van der Waals surface area contributed by atoms with Gasteiger partial charge in [0.2, 0.25) is 0 Å². The van der Waals surface area contributed by atoms with Crippen molar-refractivity contribution < 1.29 is 0 Å². The van der Waals surface area contributed by atoms with Crippen LogP contribution in [0.2, 0.25) is 0 Å². The second kappa shape index (κ2) is 7.16. The van der Waals surface area contributed by atoms with Crippen molar-refractivity contribution in [2.45, 2.75) is 56.9 Å². The van der Waals surface area contributed by atoms with Crippen LogP contribution in [0.5, 0.6) is 0 Å². The third-order valence-corrected chi connectivity index (χ3v) is 5.10. The fraction of sp³-hybridized carbons (Fsp3) is 0.769. The van der Waals surface area contributed by atoms with Gasteiger partial charge in [-0.2, -0.15) is 16.9 Å². The molecule has 3 N–H and O–H groups in total. The summed E-state index contributed by atoms with van der Waals surface area (Å²) in [4.78, 5) is 0. The minimum atomic E-state index is 0.352. The van der Waals surface area contributed by atoms with Crippen molar-refractivity contribution >= 4 is 11.8 Å². The van der Waals surface area contributed by atoms with Gasteiger partial charge in [-0.25, -0.2) is 0 Å². The molecule has 18 heavy (non-hydrogen) atoms. The lowest BCUT2D eigenvalue weighted by Gasteiger charge is -2.17. The molecule has 4 nitrogen and oxygen atoms in total. The molecule has 1 heterocycles. The lowest BCUT2D eigenvalue weighted by Crippen LogP contribution is -2.39. The summed E-state index contributed by atoms with van der Waals surface area (Å²) >= 11 is 2.08. The quantitative estimate of drug-likeness (QED) is 0.586. The number of aryl methyl sites for hydroxylation is 1. The van der Waals surface area contributed by atoms with Crippen molar-refractivity contribution in [3.05, 3.63) is 18.0 Å². The molecular formula is C13H24N4S. The average Bonchev–Trinajstić information content (AvgIpc) is 3.05. The first-order valence-corrected chi connectivity index (χ1v) is 7.95. The Labute approximate surface area is 114 Å². The van der Waals surface area contributed by atoms with E-state index in [0.717, 1.165) is 24.0 Å². The smallest absolute Gasteiger partial charge is 0.0522 e. The summed E-state index contributed by atoms with van der Waals surface area (Å²) in [6.45, 7) is 3.03. The molecule has 1 aliphatic carbocycles. The zero-order valence-corrected chi connectivity index (χ0v) is 12.0. The first-order chi connectivity index (χ1) is 8.81. The van der Waals surface area contributed by atoms with Crippen molar-refractivity contribution in [1.82, 2.24) is 15.2 Å². The Morgan fingerprint density at radius 1 is 1.56 bits per heavy atom. The number of aromatic nitrogens is 2. The van der Waals surface area contributed by atoms with Crippen LogP contribution in [-0.4, -0.2) is 26.8 Å². The first kappa shape index (κ1) is 13.9. The van der Waals surface area contributed by atoms with E-state index in [0.29, 0.717) is 6.04 Å². The van der Waals surface area contributed by atoms with Gasteiger partial charge < -0.3 is 0 Å². The third kappa shape index (κ3) is 4.00. The zero-order chi connectivity index (χ0) is 12.8. The molecule has 1 fully saturated rings. The number of nitrogens with two attached hydrogens (primary N) is 1. The van der Waals surface area contributed by atoms with E-state index in [2.05, 4.69) is 35.4 Å². The van der Waals surface area contributed by atoms with Crippen molar-refractivity contribution in [1.29, 1.82) is 0 Å². The van der Waals surface area contributed by atoms with Gasteiger partial charge in [0.25, 0.3) is 0 Å². The molecule has 0 spiro atoms. The molecule has 0 radical (unpaired) electrons. The number of hydrogen-bond donors (Lipinski definition) is 2. The molecule has 0 aliphatic heterocycles. The molecule has 1 aliphatic rings. The molecule has 0 saturated heterocycles. The Balaban J connectivity index is 1.77. The third-order valence-electron chi connectivity index (χ3n) is 3.56. The van der Waals surface area contributed by atoms with Crippen molar-refractivity contribution in [3.63, 3.8) is 0 Å². The predicted octanol–water partition coefficient (Wildman–Crippen LogP) is 1.95. The van der Waals surface area contributed by atoms with Crippen LogP contribution in [0.25, 0.3) is 0 Å². The number of hydrazine groups is 1. The van der Waals surface area contributed by atoms with Crippen molar-refractivity contribution in [2.24, 2.45) is 5.84 Å². The van der Waals surface area contributed by atoms with Crippen LogP contribution in [0.1, 0.15) is 38.2 Å². The molecule has 1 unspecified atom stereocenters. The van der Waals surface area contributed by atoms with E-state index in [9.17, 15) is 0 Å². The maximum absolute atomic E-state index is 5.65. The molecule has 0 amide bonds. The molecule has 0 aromatic carbocycles. The van der Waals surface area contributed by atoms with E-state index in [4.69, 9.17) is 5.84 Å². The Morgan fingerprint density at radius 2 is 2.33 bits per heavy atom. The van der Waals surface area contributed by atoms with E-state index in [1.165, 1.54) is 31.2 Å².